The minimum absolute atomic E-state index is 0. The molecule has 0 saturated heterocycles. The van der Waals surface area contributed by atoms with Gasteiger partial charge in [0.1, 0.15) is 6.04 Å². The molecule has 19 heavy (non-hydrogen) atoms. The van der Waals surface area contributed by atoms with E-state index < -0.39 is 6.04 Å². The fourth-order valence-corrected chi connectivity index (χ4v) is 2.46. The lowest BCUT2D eigenvalue weighted by molar-refractivity contribution is -0.123. The second-order valence-corrected chi connectivity index (χ2v) is 5.23. The van der Waals surface area contributed by atoms with Crippen LogP contribution in [0, 0.1) is 6.92 Å². The zero-order chi connectivity index (χ0) is 13.0. The van der Waals surface area contributed by atoms with Crippen LogP contribution in [-0.2, 0) is 4.79 Å². The molecule has 1 aromatic carbocycles. The first-order chi connectivity index (χ1) is 8.66. The van der Waals surface area contributed by atoms with Crippen molar-refractivity contribution < 1.29 is 4.79 Å². The average molecular weight is 283 g/mol. The maximum absolute atomic E-state index is 12.1. The van der Waals surface area contributed by atoms with Crippen LogP contribution in [0.2, 0.25) is 0 Å². The third-order valence-corrected chi connectivity index (χ3v) is 3.67. The highest BCUT2D eigenvalue weighted by atomic mass is 35.5. The summed E-state index contributed by atoms with van der Waals surface area (Å²) < 4.78 is 0. The van der Waals surface area contributed by atoms with Gasteiger partial charge in [-0.15, -0.1) is 12.4 Å². The highest BCUT2D eigenvalue weighted by Gasteiger charge is 2.20. The van der Waals surface area contributed by atoms with Gasteiger partial charge in [-0.25, -0.2) is 0 Å². The van der Waals surface area contributed by atoms with E-state index in [1.165, 1.54) is 24.8 Å². The zero-order valence-corrected chi connectivity index (χ0v) is 12.2. The summed E-state index contributed by atoms with van der Waals surface area (Å²) >= 11 is 0. The molecule has 4 heteroatoms. The molecule has 106 valence electrons. The molecule has 1 aliphatic carbocycles. The van der Waals surface area contributed by atoms with E-state index in [0.29, 0.717) is 6.04 Å². The molecule has 0 radical (unpaired) electrons. The average Bonchev–Trinajstić information content (AvgIpc) is 2.40. The molecule has 0 heterocycles. The number of nitrogens with one attached hydrogen (secondary N) is 1. The highest BCUT2D eigenvalue weighted by Crippen LogP contribution is 2.18. The number of amides is 1. The van der Waals surface area contributed by atoms with Gasteiger partial charge in [-0.1, -0.05) is 49.1 Å². The molecule has 1 fully saturated rings. The normalized spacial score (nSPS) is 17.4. The molecule has 1 saturated carbocycles. The molecule has 0 aromatic heterocycles. The van der Waals surface area contributed by atoms with Gasteiger partial charge in [0.25, 0.3) is 0 Å². The molecule has 1 aliphatic rings. The Balaban J connectivity index is 0.00000180. The van der Waals surface area contributed by atoms with Gasteiger partial charge in [0, 0.05) is 6.04 Å². The summed E-state index contributed by atoms with van der Waals surface area (Å²) in [6, 6.07) is 7.61. The largest absolute Gasteiger partial charge is 0.352 e. The Morgan fingerprint density at radius 2 is 1.79 bits per heavy atom. The quantitative estimate of drug-likeness (QED) is 0.896. The predicted molar refractivity (Wildman–Crippen MR) is 80.4 cm³/mol. The van der Waals surface area contributed by atoms with Crippen LogP contribution in [0.3, 0.4) is 0 Å². The monoisotopic (exact) mass is 282 g/mol. The first-order valence-electron chi connectivity index (χ1n) is 6.79. The predicted octanol–water partition coefficient (Wildman–Crippen LogP) is 2.87. The van der Waals surface area contributed by atoms with Crippen LogP contribution in [0.25, 0.3) is 0 Å². The number of carbonyl (C=O) groups excluding carboxylic acids is 1. The van der Waals surface area contributed by atoms with Crippen LogP contribution in [0.15, 0.2) is 24.3 Å². The Labute approximate surface area is 121 Å². The van der Waals surface area contributed by atoms with Crippen LogP contribution < -0.4 is 11.1 Å². The summed E-state index contributed by atoms with van der Waals surface area (Å²) in [6.45, 7) is 2.03. The maximum atomic E-state index is 12.1. The van der Waals surface area contributed by atoms with Gasteiger partial charge < -0.3 is 11.1 Å². The molecule has 0 bridgehead atoms. The first-order valence-corrected chi connectivity index (χ1v) is 6.79. The van der Waals surface area contributed by atoms with Gasteiger partial charge in [0.05, 0.1) is 0 Å². The van der Waals surface area contributed by atoms with Gasteiger partial charge >= 0.3 is 0 Å². The van der Waals surface area contributed by atoms with Crippen molar-refractivity contribution in [2.45, 2.75) is 51.1 Å². The summed E-state index contributed by atoms with van der Waals surface area (Å²) in [5.74, 6) is -0.0502. The van der Waals surface area contributed by atoms with Crippen molar-refractivity contribution in [1.29, 1.82) is 0 Å². The van der Waals surface area contributed by atoms with Crippen LogP contribution in [0.1, 0.15) is 49.3 Å². The molecule has 3 nitrogen and oxygen atoms in total. The molecular weight excluding hydrogens is 260 g/mol. The molecule has 1 atom stereocenters. The van der Waals surface area contributed by atoms with Gasteiger partial charge in [0.15, 0.2) is 0 Å². The van der Waals surface area contributed by atoms with Gasteiger partial charge in [-0.3, -0.25) is 4.79 Å². The highest BCUT2D eigenvalue weighted by molar-refractivity contribution is 5.85. The smallest absolute Gasteiger partial charge is 0.241 e. The summed E-state index contributed by atoms with van der Waals surface area (Å²) in [4.78, 5) is 12.1. The number of hydrogen-bond donors (Lipinski definition) is 2. The van der Waals surface area contributed by atoms with Crippen molar-refractivity contribution in [3.8, 4) is 0 Å². The van der Waals surface area contributed by atoms with Crippen LogP contribution >= 0.6 is 12.4 Å². The lowest BCUT2D eigenvalue weighted by Gasteiger charge is -2.24. The number of nitrogens with two attached hydrogens (primary N) is 1. The standard InChI is InChI=1S/C15H22N2O.ClH/c1-11-7-9-12(10-8-11)14(16)15(18)17-13-5-3-2-4-6-13;/h7-10,13-14H,2-6,16H2,1H3,(H,17,18);1H. The van der Waals surface area contributed by atoms with E-state index in [2.05, 4.69) is 5.32 Å². The number of halogens is 1. The Bertz CT molecular complexity index is 399. The molecule has 1 unspecified atom stereocenters. The minimum atomic E-state index is -0.549. The molecular formula is C15H23ClN2O. The van der Waals surface area contributed by atoms with Crippen molar-refractivity contribution in [3.63, 3.8) is 0 Å². The summed E-state index contributed by atoms with van der Waals surface area (Å²) in [5.41, 5.74) is 8.06. The second kappa shape index (κ2) is 7.51. The summed E-state index contributed by atoms with van der Waals surface area (Å²) in [5, 5.41) is 3.07. The molecule has 3 N–H and O–H groups in total. The van der Waals surface area contributed by atoms with E-state index >= 15 is 0 Å². The number of carbonyl (C=O) groups is 1. The fraction of sp³-hybridized carbons (Fsp3) is 0.533. The van der Waals surface area contributed by atoms with Gasteiger partial charge in [-0.05, 0) is 25.3 Å². The van der Waals surface area contributed by atoms with Gasteiger partial charge in [-0.2, -0.15) is 0 Å². The van der Waals surface area contributed by atoms with E-state index in [0.717, 1.165) is 18.4 Å². The third-order valence-electron chi connectivity index (χ3n) is 3.67. The Morgan fingerprint density at radius 3 is 2.37 bits per heavy atom. The van der Waals surface area contributed by atoms with E-state index in [9.17, 15) is 4.79 Å². The van der Waals surface area contributed by atoms with E-state index in [4.69, 9.17) is 5.73 Å². The van der Waals surface area contributed by atoms with E-state index in [1.807, 2.05) is 31.2 Å². The summed E-state index contributed by atoms with van der Waals surface area (Å²) in [6.07, 6.45) is 5.89. The van der Waals surface area contributed by atoms with Crippen molar-refractivity contribution >= 4 is 18.3 Å². The molecule has 2 rings (SSSR count). The maximum Gasteiger partial charge on any atom is 0.241 e. The van der Waals surface area contributed by atoms with Crippen molar-refractivity contribution in [1.82, 2.24) is 5.32 Å². The summed E-state index contributed by atoms with van der Waals surface area (Å²) in [7, 11) is 0. The molecule has 0 aliphatic heterocycles. The lowest BCUT2D eigenvalue weighted by Crippen LogP contribution is -2.41. The van der Waals surface area contributed by atoms with E-state index in [-0.39, 0.29) is 18.3 Å². The third kappa shape index (κ3) is 4.51. The number of hydrogen-bond acceptors (Lipinski definition) is 2. The minimum Gasteiger partial charge on any atom is -0.352 e. The van der Waals surface area contributed by atoms with Crippen molar-refractivity contribution in [3.05, 3.63) is 35.4 Å². The van der Waals surface area contributed by atoms with Gasteiger partial charge in [0.2, 0.25) is 5.91 Å². The van der Waals surface area contributed by atoms with E-state index in [1.54, 1.807) is 0 Å². The Kier molecular flexibility index (Phi) is 6.32. The SMILES string of the molecule is Cc1ccc(C(N)C(=O)NC2CCCCC2)cc1.Cl. The topological polar surface area (TPSA) is 55.1 Å². The van der Waals surface area contributed by atoms with Crippen molar-refractivity contribution in [2.24, 2.45) is 5.73 Å². The number of rotatable bonds is 3. The fourth-order valence-electron chi connectivity index (χ4n) is 2.46. The Hall–Kier alpha value is -1.06. The second-order valence-electron chi connectivity index (χ2n) is 5.23. The van der Waals surface area contributed by atoms with Crippen molar-refractivity contribution in [2.75, 3.05) is 0 Å². The molecule has 1 amide bonds. The first kappa shape index (κ1) is 16.0. The van der Waals surface area contributed by atoms with Crippen LogP contribution in [-0.4, -0.2) is 11.9 Å². The molecule has 0 spiro atoms. The zero-order valence-electron chi connectivity index (χ0n) is 11.4. The van der Waals surface area contributed by atoms with Crippen LogP contribution in [0.4, 0.5) is 0 Å². The molecule has 1 aromatic rings. The number of benzene rings is 1. The lowest BCUT2D eigenvalue weighted by atomic mass is 9.95. The number of aryl methyl sites for hydroxylation is 1. The van der Waals surface area contributed by atoms with Crippen LogP contribution in [0.5, 0.6) is 0 Å². The Morgan fingerprint density at radius 1 is 1.21 bits per heavy atom.